The fourth-order valence-electron chi connectivity index (χ4n) is 8.45. The van der Waals surface area contributed by atoms with Gasteiger partial charge in [-0.1, -0.05) is 80.5 Å². The van der Waals surface area contributed by atoms with Gasteiger partial charge >= 0.3 is 74.7 Å². The number of ketones is 2. The standard InChI is InChI=1S/C20H19F4N3O3.C18H14F4O4.C18H16F2O.C8H7BrF2O.C5H10Si.C2H7N3.C2H3N.CHN.2CH4.CH3.2ClH.Pd/c1-10-8-12(4-6-14(10)29-17(21)22)20(16(28)27(3)19(25)26-20)13-5-7-15(11(2)9-13)30-18(23)24;1-9-7-11(3-5-13(9)25-17(19)20)15(23)16(24)12-4-6-14(10(2)8-12)26-18(21)22;1-12-4-5-15(10-13(12)2)6-7-16-8-9-17(14(3)11-16)21-18(19)20;1-5-4-6(9)2-3-7(5)12-8(10)11;1-5-6(2,3)4;1-5-2(3)4;1-2-3;1-2;;;;;;/h4-9,17-18H,1-3H3,(H2,25,26);3-8,17-18H,1-2H3;4-5,8-11,18H,1-3H3;2-4,8H,1H3;1H,2-4H3;1H3,(H4,3,4,5);1H3;1H;2*1H4;1H3;2*1H;/q;;;;;;;;;;-1;;;+2/p-2. The number of rotatable bonds is 17. The van der Waals surface area contributed by atoms with E-state index in [0.717, 1.165) is 20.5 Å². The number of nitrogens with zero attached hydrogens (tertiary/aromatic N) is 5. The van der Waals surface area contributed by atoms with Crippen LogP contribution in [0.5, 0.6) is 34.5 Å². The maximum absolute atomic E-state index is 13.2. The number of aryl methyl sites for hydroxylation is 8. The molecule has 34 heteroatoms. The Hall–Kier alpha value is -9.91. The van der Waals surface area contributed by atoms with Crippen LogP contribution in [-0.2, 0) is 26.3 Å². The number of carbonyl (C=O) groups excluding carboxylic acids is 3. The summed E-state index contributed by atoms with van der Waals surface area (Å²) in [6.45, 7) is 7.34. The summed E-state index contributed by atoms with van der Waals surface area (Å²) in [6, 6.07) is 33.4. The van der Waals surface area contributed by atoms with Gasteiger partial charge in [0.15, 0.2) is 17.5 Å². The van der Waals surface area contributed by atoms with Crippen molar-refractivity contribution in [2.24, 2.45) is 27.2 Å². The van der Waals surface area contributed by atoms with Gasteiger partial charge in [0, 0.05) is 54.3 Å². The fraction of sp³-hybridized carbons (Fsp3) is 0.299. The topological polar surface area (TPSA) is 260 Å². The molecule has 6 N–H and O–H groups in total. The molecule has 1 amide bonds. The maximum atomic E-state index is 13.2. The second-order valence-electron chi connectivity index (χ2n) is 22.6. The number of aliphatic imine (C=N–C) groups is 2. The van der Waals surface area contributed by atoms with E-state index in [1.165, 1.54) is 131 Å². The minimum absolute atomic E-state index is 0. The Morgan fingerprint density at radius 1 is 0.541 bits per heavy atom. The number of likely N-dealkylation sites (N-methyl/N-ethyl adjacent to an activating group) is 1. The van der Waals surface area contributed by atoms with Crippen molar-refractivity contribution in [3.8, 4) is 70.9 Å². The molecule has 0 fully saturated rings. The molecule has 0 aliphatic carbocycles. The Labute approximate surface area is 666 Å². The summed E-state index contributed by atoms with van der Waals surface area (Å²) in [6.07, 6.45) is 5.12. The van der Waals surface area contributed by atoms with Crippen molar-refractivity contribution in [2.45, 2.75) is 142 Å². The van der Waals surface area contributed by atoms with E-state index >= 15 is 0 Å². The number of hydrogen-bond acceptors (Lipinski definition) is 14. The molecule has 0 aromatic heterocycles. The number of amides is 1. The summed E-state index contributed by atoms with van der Waals surface area (Å²) >= 11 is 3.11. The van der Waals surface area contributed by atoms with E-state index in [9.17, 15) is 67.1 Å². The van der Waals surface area contributed by atoms with Crippen molar-refractivity contribution in [3.05, 3.63) is 217 Å². The van der Waals surface area contributed by atoms with E-state index in [-0.39, 0.29) is 107 Å². The van der Waals surface area contributed by atoms with Crippen molar-refractivity contribution in [3.63, 3.8) is 0 Å². The molecular formula is C77H88BrCl2F12N8O9PdSi-. The van der Waals surface area contributed by atoms with E-state index < -0.39 is 70.8 Å². The molecule has 17 nitrogen and oxygen atoms in total. The zero-order valence-electron chi connectivity index (χ0n) is 61.4. The third kappa shape index (κ3) is 38.5. The number of nitriles is 2. The van der Waals surface area contributed by atoms with Gasteiger partial charge < -0.3 is 53.0 Å². The molecule has 0 atom stereocenters. The summed E-state index contributed by atoms with van der Waals surface area (Å²) in [5, 5.41) is 13.8. The molecule has 0 bridgehead atoms. The summed E-state index contributed by atoms with van der Waals surface area (Å²) in [7, 11) is 11.5. The van der Waals surface area contributed by atoms with E-state index in [4.69, 9.17) is 53.2 Å². The van der Waals surface area contributed by atoms with Crippen LogP contribution in [0.3, 0.4) is 0 Å². The Kier molecular flexibility index (Phi) is 52.1. The number of nitrogens with two attached hydrogens (primary N) is 3. The quantitative estimate of drug-likeness (QED) is 0.0112. The monoisotopic (exact) mass is 1780 g/mol. The molecule has 1 aliphatic rings. The molecule has 0 spiro atoms. The van der Waals surface area contributed by atoms with Crippen LogP contribution in [0.4, 0.5) is 52.7 Å². The average molecular weight is 1780 g/mol. The number of guanidine groups is 2. The molecule has 8 rings (SSSR count). The van der Waals surface area contributed by atoms with Crippen LogP contribution in [0.2, 0.25) is 19.6 Å². The molecule has 1 aliphatic heterocycles. The molecule has 0 saturated carbocycles. The molecular weight excluding hydrogens is 1690 g/mol. The van der Waals surface area contributed by atoms with Crippen LogP contribution in [0, 0.1) is 110 Å². The van der Waals surface area contributed by atoms with Gasteiger partial charge in [-0.25, -0.2) is 10.3 Å². The van der Waals surface area contributed by atoms with Gasteiger partial charge in [-0.3, -0.25) is 24.3 Å². The molecule has 0 unspecified atom stereocenters. The molecule has 111 heavy (non-hydrogen) atoms. The Morgan fingerprint density at radius 3 is 1.05 bits per heavy atom. The number of benzene rings is 7. The summed E-state index contributed by atoms with van der Waals surface area (Å²) in [5.74, 6) is 4.09. The van der Waals surface area contributed by atoms with Crippen LogP contribution in [-0.4, -0.2) is 96.1 Å². The van der Waals surface area contributed by atoms with Gasteiger partial charge in [0.2, 0.25) is 11.6 Å². The molecule has 610 valence electrons. The van der Waals surface area contributed by atoms with E-state index in [1.807, 2.05) is 25.1 Å². The van der Waals surface area contributed by atoms with Gasteiger partial charge in [0.25, 0.3) is 5.91 Å². The first kappa shape index (κ1) is 107. The summed E-state index contributed by atoms with van der Waals surface area (Å²) in [4.78, 5) is 46.7. The first-order valence-corrected chi connectivity index (χ1v) is 38.9. The predicted octanol–water partition coefficient (Wildman–Crippen LogP) is 20.2. The van der Waals surface area contributed by atoms with Crippen LogP contribution in [0.15, 0.2) is 142 Å². The Bertz CT molecular complexity index is 4220. The van der Waals surface area contributed by atoms with Crippen LogP contribution in [0.25, 0.3) is 0 Å². The van der Waals surface area contributed by atoms with Crippen molar-refractivity contribution < 1.29 is 111 Å². The predicted molar refractivity (Wildman–Crippen MR) is 414 cm³/mol. The zero-order chi connectivity index (χ0) is 83.1. The van der Waals surface area contributed by atoms with E-state index in [2.05, 4.69) is 105 Å². The van der Waals surface area contributed by atoms with E-state index in [0.29, 0.717) is 33.4 Å². The number of alkyl halides is 12. The van der Waals surface area contributed by atoms with Crippen molar-refractivity contribution in [1.29, 1.82) is 10.5 Å². The van der Waals surface area contributed by atoms with Gasteiger partial charge in [-0.15, -0.1) is 12.0 Å². The number of terminal acetylenes is 1. The van der Waals surface area contributed by atoms with E-state index in [1.54, 1.807) is 58.0 Å². The second-order valence-corrected chi connectivity index (χ2v) is 30.7. The SMILES string of the molecule is C.C.C#C[Si](C)(C)C.C#N.CC#N.CN=C(N)N.Cc1cc(Br)ccc1OC(F)F.Cc1cc(C(=O)C(=O)c2ccc(OC(F)F)c(C)c2)ccc1OC(F)F.Cc1cc(C2(c3ccc(OC(F)F)c(C)c3)N=C(N)N(C)C2=O)ccc1OC(F)F.Cc1ccc(C#Cc2ccc(OC(F)F)c(C)c2)cc1C.[CH3-].[Cl][Pd][Cl]. The third-order valence-corrected chi connectivity index (χ3v) is 15.0. The summed E-state index contributed by atoms with van der Waals surface area (Å²) < 4.78 is 174. The van der Waals surface area contributed by atoms with Gasteiger partial charge in [0.05, 0.1) is 6.07 Å². The normalized spacial score (nSPS) is 11.0. The molecule has 7 aromatic carbocycles. The summed E-state index contributed by atoms with van der Waals surface area (Å²) in [5.41, 5.74) is 24.1. The Balaban J connectivity index is -0.000000647. The van der Waals surface area contributed by atoms with Crippen LogP contribution >= 0.6 is 35.0 Å². The minimum atomic E-state index is -3.01. The first-order valence-electron chi connectivity index (χ1n) is 30.6. The number of carbonyl (C=O) groups is 3. The number of Topliss-reactive ketones (excluding diaryl/α,β-unsaturated/α-hetero) is 2. The molecule has 0 saturated heterocycles. The number of hydrogen-bond donors (Lipinski definition) is 3. The number of halogens is 15. The zero-order valence-corrected chi connectivity index (χ0v) is 67.0. The van der Waals surface area contributed by atoms with Crippen LogP contribution in [0.1, 0.15) is 109 Å². The van der Waals surface area contributed by atoms with Crippen LogP contribution < -0.4 is 45.6 Å². The molecule has 0 radical (unpaired) electrons. The fourth-order valence-corrected chi connectivity index (χ4v) is 8.92. The second kappa shape index (κ2) is 53.9. The molecule has 1 heterocycles. The molecule has 7 aromatic rings. The average Bonchev–Trinajstić information content (AvgIpc) is 1.60. The van der Waals surface area contributed by atoms with Gasteiger partial charge in [0.1, 0.15) is 42.6 Å². The van der Waals surface area contributed by atoms with Gasteiger partial charge in [-0.05, 0) is 220 Å². The van der Waals surface area contributed by atoms with Crippen molar-refractivity contribution in [2.75, 3.05) is 14.1 Å². The Morgan fingerprint density at radius 2 is 0.802 bits per heavy atom. The third-order valence-electron chi connectivity index (χ3n) is 13.7. The number of ether oxygens (including phenoxy) is 6. The van der Waals surface area contributed by atoms with Crippen molar-refractivity contribution in [1.82, 2.24) is 4.90 Å². The van der Waals surface area contributed by atoms with Gasteiger partial charge in [-0.2, -0.15) is 57.9 Å². The van der Waals surface area contributed by atoms with Crippen molar-refractivity contribution >= 4 is 72.5 Å². The first-order chi connectivity index (χ1) is 50.4.